The number of nitriles is 1. The van der Waals surface area contributed by atoms with Gasteiger partial charge in [-0.2, -0.15) is 10.4 Å². The van der Waals surface area contributed by atoms with Gasteiger partial charge in [0.05, 0.1) is 23.7 Å². The molecular weight excluding hydrogens is 461 g/mol. The molecule has 9 heteroatoms. The van der Waals surface area contributed by atoms with Gasteiger partial charge in [0.25, 0.3) is 5.91 Å². The Labute approximate surface area is 208 Å². The van der Waals surface area contributed by atoms with E-state index in [1.54, 1.807) is 24.3 Å². The maximum atomic E-state index is 14.1. The number of carbonyl (C=O) groups is 3. The maximum Gasteiger partial charge on any atom is 0.273 e. The van der Waals surface area contributed by atoms with Gasteiger partial charge < -0.3 is 10.6 Å². The van der Waals surface area contributed by atoms with Gasteiger partial charge in [0, 0.05) is 24.3 Å². The quantitative estimate of drug-likeness (QED) is 0.550. The van der Waals surface area contributed by atoms with Gasteiger partial charge in [-0.15, -0.1) is 0 Å². The highest BCUT2D eigenvalue weighted by Crippen LogP contribution is 2.25. The highest BCUT2D eigenvalue weighted by molar-refractivity contribution is 6.06. The zero-order chi connectivity index (χ0) is 26.0. The molecule has 186 valence electrons. The van der Waals surface area contributed by atoms with E-state index in [9.17, 15) is 18.8 Å². The zero-order valence-electron chi connectivity index (χ0n) is 20.5. The van der Waals surface area contributed by atoms with E-state index < -0.39 is 23.2 Å². The minimum Gasteiger partial charge on any atom is -0.351 e. The van der Waals surface area contributed by atoms with Crippen LogP contribution in [0.5, 0.6) is 0 Å². The van der Waals surface area contributed by atoms with Crippen molar-refractivity contribution in [1.82, 2.24) is 20.4 Å². The molecule has 1 heterocycles. The second-order valence-electron chi connectivity index (χ2n) is 10.2. The summed E-state index contributed by atoms with van der Waals surface area (Å²) >= 11 is 0. The first-order valence-corrected chi connectivity index (χ1v) is 11.8. The summed E-state index contributed by atoms with van der Waals surface area (Å²) in [7, 11) is 0. The number of halogens is 1. The van der Waals surface area contributed by atoms with Crippen LogP contribution in [0.25, 0.3) is 10.9 Å². The summed E-state index contributed by atoms with van der Waals surface area (Å²) < 4.78 is 15.6. The zero-order valence-corrected chi connectivity index (χ0v) is 20.5. The van der Waals surface area contributed by atoms with Crippen LogP contribution in [-0.2, 0) is 16.1 Å². The summed E-state index contributed by atoms with van der Waals surface area (Å²) in [6.45, 7) is 5.79. The number of hydrogen-bond acceptors (Lipinski definition) is 5. The van der Waals surface area contributed by atoms with Crippen molar-refractivity contribution in [2.24, 2.45) is 5.41 Å². The number of nitrogens with one attached hydrogen (secondary N) is 2. The van der Waals surface area contributed by atoms with Crippen molar-refractivity contribution < 1.29 is 18.8 Å². The van der Waals surface area contributed by atoms with Crippen LogP contribution in [0, 0.1) is 22.6 Å². The summed E-state index contributed by atoms with van der Waals surface area (Å²) in [6, 6.07) is 11.9. The first kappa shape index (κ1) is 25.0. The number of fused-ring (bicyclic) bond motifs is 1. The summed E-state index contributed by atoms with van der Waals surface area (Å²) in [6.07, 6.45) is 1.33. The topological polar surface area (TPSA) is 117 Å². The lowest BCUT2D eigenvalue weighted by atomic mass is 9.85. The van der Waals surface area contributed by atoms with Crippen LogP contribution in [0.15, 0.2) is 42.5 Å². The minimum atomic E-state index is -0.875. The molecule has 0 spiro atoms. The molecule has 1 aliphatic rings. The van der Waals surface area contributed by atoms with E-state index in [0.717, 1.165) is 5.56 Å². The minimum absolute atomic E-state index is 0.0803. The molecule has 2 atom stereocenters. The monoisotopic (exact) mass is 489 g/mol. The predicted octanol–water partition coefficient (Wildman–Crippen LogP) is 3.48. The molecule has 1 aromatic heterocycles. The number of amides is 2. The van der Waals surface area contributed by atoms with Gasteiger partial charge in [0.2, 0.25) is 5.91 Å². The van der Waals surface area contributed by atoms with Crippen LogP contribution in [0.1, 0.15) is 61.6 Å². The molecule has 0 bridgehead atoms. The maximum absolute atomic E-state index is 14.1. The molecule has 3 aromatic rings. The summed E-state index contributed by atoms with van der Waals surface area (Å²) in [5, 5.41) is 19.7. The fourth-order valence-corrected chi connectivity index (χ4v) is 4.39. The Kier molecular flexibility index (Phi) is 6.88. The Morgan fingerprint density at radius 1 is 1.22 bits per heavy atom. The van der Waals surface area contributed by atoms with Crippen LogP contribution in [0.2, 0.25) is 0 Å². The highest BCUT2D eigenvalue weighted by Gasteiger charge is 2.36. The molecule has 36 heavy (non-hydrogen) atoms. The summed E-state index contributed by atoms with van der Waals surface area (Å²) in [5.41, 5.74) is 1.24. The number of benzene rings is 2. The van der Waals surface area contributed by atoms with Crippen molar-refractivity contribution in [1.29, 1.82) is 5.26 Å². The van der Waals surface area contributed by atoms with Crippen molar-refractivity contribution >= 4 is 28.5 Å². The van der Waals surface area contributed by atoms with Crippen molar-refractivity contribution in [2.45, 2.75) is 58.7 Å². The SMILES string of the molecule is CC(C)(C)[C@H](NC(=O)c1nn(Cc2ccc(C#N)cc2)c2cc(F)ccc12)C(=O)N[C@H]1CCC(=O)C1. The van der Waals surface area contributed by atoms with E-state index >= 15 is 0 Å². The van der Waals surface area contributed by atoms with Gasteiger partial charge >= 0.3 is 0 Å². The molecule has 0 aliphatic heterocycles. The second kappa shape index (κ2) is 9.90. The molecule has 2 N–H and O–H groups in total. The highest BCUT2D eigenvalue weighted by atomic mass is 19.1. The van der Waals surface area contributed by atoms with E-state index in [0.29, 0.717) is 35.7 Å². The molecular formula is C27H28FN5O3. The molecule has 4 rings (SSSR count). The number of ketones is 1. The third kappa shape index (κ3) is 5.43. The molecule has 2 amide bonds. The average Bonchev–Trinajstić information content (AvgIpc) is 3.39. The number of aromatic nitrogens is 2. The summed E-state index contributed by atoms with van der Waals surface area (Å²) in [5.74, 6) is -1.26. The largest absolute Gasteiger partial charge is 0.351 e. The number of hydrogen-bond donors (Lipinski definition) is 2. The van der Waals surface area contributed by atoms with Crippen molar-refractivity contribution in [3.8, 4) is 6.07 Å². The molecule has 0 radical (unpaired) electrons. The van der Waals surface area contributed by atoms with E-state index in [4.69, 9.17) is 5.26 Å². The standard InChI is InChI=1S/C27H28FN5O3/c1-27(2,3)24(26(36)30-19-9-10-20(34)13-19)31-25(35)23-21-11-8-18(28)12-22(21)33(32-23)15-17-6-4-16(14-29)5-7-17/h4-8,11-12,19,24H,9-10,13,15H2,1-3H3,(H,30,36)(H,31,35)/t19-,24+/m0/s1. The molecule has 0 saturated heterocycles. The third-order valence-electron chi connectivity index (χ3n) is 6.34. The second-order valence-corrected chi connectivity index (χ2v) is 10.2. The lowest BCUT2D eigenvalue weighted by Gasteiger charge is -2.31. The van der Waals surface area contributed by atoms with E-state index in [1.165, 1.54) is 22.9 Å². The van der Waals surface area contributed by atoms with Crippen LogP contribution >= 0.6 is 0 Å². The van der Waals surface area contributed by atoms with E-state index in [-0.39, 0.29) is 30.0 Å². The predicted molar refractivity (Wildman–Crippen MR) is 131 cm³/mol. The van der Waals surface area contributed by atoms with Crippen molar-refractivity contribution in [3.63, 3.8) is 0 Å². The molecule has 0 unspecified atom stereocenters. The number of nitrogens with zero attached hydrogens (tertiary/aromatic N) is 3. The van der Waals surface area contributed by atoms with Crippen molar-refractivity contribution in [2.75, 3.05) is 0 Å². The van der Waals surface area contributed by atoms with Crippen LogP contribution in [0.3, 0.4) is 0 Å². The Morgan fingerprint density at radius 3 is 2.56 bits per heavy atom. The molecule has 8 nitrogen and oxygen atoms in total. The lowest BCUT2D eigenvalue weighted by Crippen LogP contribution is -2.55. The number of rotatable bonds is 6. The van der Waals surface area contributed by atoms with Crippen LogP contribution < -0.4 is 10.6 Å². The Morgan fingerprint density at radius 2 is 1.94 bits per heavy atom. The van der Waals surface area contributed by atoms with Crippen LogP contribution in [0.4, 0.5) is 4.39 Å². The lowest BCUT2D eigenvalue weighted by molar-refractivity contribution is -0.126. The molecule has 1 saturated carbocycles. The van der Waals surface area contributed by atoms with E-state index in [1.807, 2.05) is 20.8 Å². The fourth-order valence-electron chi connectivity index (χ4n) is 4.39. The van der Waals surface area contributed by atoms with Gasteiger partial charge in [-0.25, -0.2) is 4.39 Å². The van der Waals surface area contributed by atoms with E-state index in [2.05, 4.69) is 21.8 Å². The molecule has 1 fully saturated rings. The Bertz CT molecular complexity index is 1370. The number of carbonyl (C=O) groups excluding carboxylic acids is 3. The smallest absolute Gasteiger partial charge is 0.273 e. The normalized spacial score (nSPS) is 16.5. The molecule has 1 aliphatic carbocycles. The number of Topliss-reactive ketones (excluding diaryl/α,β-unsaturated/α-hetero) is 1. The fraction of sp³-hybridized carbons (Fsp3) is 0.370. The average molecular weight is 490 g/mol. The van der Waals surface area contributed by atoms with Gasteiger partial charge in [-0.3, -0.25) is 19.1 Å². The third-order valence-corrected chi connectivity index (χ3v) is 6.34. The first-order valence-electron chi connectivity index (χ1n) is 11.8. The van der Waals surface area contributed by atoms with Gasteiger partial charge in [0.15, 0.2) is 5.69 Å². The van der Waals surface area contributed by atoms with Gasteiger partial charge in [0.1, 0.15) is 17.6 Å². The Balaban J connectivity index is 1.61. The van der Waals surface area contributed by atoms with Crippen molar-refractivity contribution in [3.05, 3.63) is 65.1 Å². The summed E-state index contributed by atoms with van der Waals surface area (Å²) in [4.78, 5) is 38.1. The van der Waals surface area contributed by atoms with Crippen LogP contribution in [-0.4, -0.2) is 39.5 Å². The molecule has 2 aromatic carbocycles. The first-order chi connectivity index (χ1) is 17.0. The van der Waals surface area contributed by atoms with Gasteiger partial charge in [-0.05, 0) is 47.7 Å². The van der Waals surface area contributed by atoms with Gasteiger partial charge in [-0.1, -0.05) is 32.9 Å². The Hall–Kier alpha value is -4.06.